The lowest BCUT2D eigenvalue weighted by Crippen LogP contribution is -2.30. The number of thiol groups is 1. The standard InChI is InChI=1S/C18H25NOS/c1-3-10-18(14-21,11-4-2)13-20-16-9-5-7-15-8-6-12-19-17(15)16/h5-9,12,21H,3-4,10-11,13-14H2,1-2H3. The molecule has 0 fully saturated rings. The normalized spacial score (nSPS) is 11.8. The van der Waals surface area contributed by atoms with E-state index in [0.717, 1.165) is 48.1 Å². The second-order valence-corrected chi connectivity index (χ2v) is 6.09. The maximum Gasteiger partial charge on any atom is 0.145 e. The van der Waals surface area contributed by atoms with E-state index in [9.17, 15) is 0 Å². The molecule has 0 aliphatic heterocycles. The van der Waals surface area contributed by atoms with Gasteiger partial charge in [0, 0.05) is 17.0 Å². The van der Waals surface area contributed by atoms with Crippen LogP contribution in [0.3, 0.4) is 0 Å². The van der Waals surface area contributed by atoms with Gasteiger partial charge in [-0.1, -0.05) is 44.9 Å². The summed E-state index contributed by atoms with van der Waals surface area (Å²) in [6, 6.07) is 10.1. The van der Waals surface area contributed by atoms with Crippen LogP contribution in [-0.4, -0.2) is 17.3 Å². The van der Waals surface area contributed by atoms with Gasteiger partial charge < -0.3 is 4.74 Å². The first-order valence-corrected chi connectivity index (χ1v) is 8.45. The molecule has 0 atom stereocenters. The van der Waals surface area contributed by atoms with Crippen LogP contribution in [0.4, 0.5) is 0 Å². The highest BCUT2D eigenvalue weighted by Crippen LogP contribution is 2.33. The van der Waals surface area contributed by atoms with Crippen molar-refractivity contribution in [2.45, 2.75) is 39.5 Å². The van der Waals surface area contributed by atoms with Gasteiger partial charge in [0.1, 0.15) is 11.3 Å². The van der Waals surface area contributed by atoms with Crippen molar-refractivity contribution in [2.24, 2.45) is 5.41 Å². The van der Waals surface area contributed by atoms with E-state index in [2.05, 4.69) is 43.6 Å². The predicted molar refractivity (Wildman–Crippen MR) is 93.3 cm³/mol. The monoisotopic (exact) mass is 303 g/mol. The van der Waals surface area contributed by atoms with Crippen molar-refractivity contribution in [2.75, 3.05) is 12.4 Å². The van der Waals surface area contributed by atoms with Gasteiger partial charge in [0.2, 0.25) is 0 Å². The number of fused-ring (bicyclic) bond motifs is 1. The van der Waals surface area contributed by atoms with Crippen molar-refractivity contribution in [3.63, 3.8) is 0 Å². The first-order valence-electron chi connectivity index (χ1n) is 7.82. The highest BCUT2D eigenvalue weighted by atomic mass is 32.1. The van der Waals surface area contributed by atoms with E-state index in [4.69, 9.17) is 4.74 Å². The molecule has 0 bridgehead atoms. The minimum Gasteiger partial charge on any atom is -0.491 e. The number of ether oxygens (including phenoxy) is 1. The highest BCUT2D eigenvalue weighted by Gasteiger charge is 2.28. The van der Waals surface area contributed by atoms with Crippen LogP contribution < -0.4 is 4.74 Å². The zero-order valence-corrected chi connectivity index (χ0v) is 13.9. The first-order chi connectivity index (χ1) is 10.2. The molecule has 2 nitrogen and oxygen atoms in total. The fourth-order valence-electron chi connectivity index (χ4n) is 2.96. The number of pyridine rings is 1. The molecule has 2 rings (SSSR count). The van der Waals surface area contributed by atoms with Gasteiger partial charge in [0.15, 0.2) is 0 Å². The molecule has 0 N–H and O–H groups in total. The maximum absolute atomic E-state index is 6.17. The van der Waals surface area contributed by atoms with Gasteiger partial charge in [-0.25, -0.2) is 0 Å². The van der Waals surface area contributed by atoms with Gasteiger partial charge in [-0.3, -0.25) is 4.98 Å². The van der Waals surface area contributed by atoms with E-state index < -0.39 is 0 Å². The summed E-state index contributed by atoms with van der Waals surface area (Å²) < 4.78 is 6.17. The van der Waals surface area contributed by atoms with Crippen molar-refractivity contribution in [3.05, 3.63) is 36.5 Å². The number of benzene rings is 1. The van der Waals surface area contributed by atoms with Gasteiger partial charge in [-0.05, 0) is 30.7 Å². The lowest BCUT2D eigenvalue weighted by atomic mass is 9.82. The molecule has 21 heavy (non-hydrogen) atoms. The number of hydrogen-bond acceptors (Lipinski definition) is 3. The average Bonchev–Trinajstić information content (AvgIpc) is 2.53. The molecule has 1 aromatic heterocycles. The first kappa shape index (κ1) is 16.2. The third-order valence-electron chi connectivity index (χ3n) is 4.03. The maximum atomic E-state index is 6.17. The fourth-order valence-corrected chi connectivity index (χ4v) is 3.36. The predicted octanol–water partition coefficient (Wildman–Crippen LogP) is 5.13. The summed E-state index contributed by atoms with van der Waals surface area (Å²) in [5.41, 5.74) is 1.12. The summed E-state index contributed by atoms with van der Waals surface area (Å²) in [7, 11) is 0. The van der Waals surface area contributed by atoms with E-state index in [-0.39, 0.29) is 5.41 Å². The van der Waals surface area contributed by atoms with Crippen LogP contribution in [0.25, 0.3) is 10.9 Å². The summed E-state index contributed by atoms with van der Waals surface area (Å²) >= 11 is 4.59. The SMILES string of the molecule is CCCC(CS)(CCC)COc1cccc2cccnc12. The Bertz CT molecular complexity index is 559. The van der Waals surface area contributed by atoms with E-state index >= 15 is 0 Å². The summed E-state index contributed by atoms with van der Waals surface area (Å²) in [4.78, 5) is 4.46. The largest absolute Gasteiger partial charge is 0.491 e. The van der Waals surface area contributed by atoms with Crippen molar-refractivity contribution >= 4 is 23.5 Å². The lowest BCUT2D eigenvalue weighted by molar-refractivity contribution is 0.145. The average molecular weight is 303 g/mol. The van der Waals surface area contributed by atoms with Crippen LogP contribution in [0.1, 0.15) is 39.5 Å². The summed E-state index contributed by atoms with van der Waals surface area (Å²) in [6.45, 7) is 5.18. The Morgan fingerprint density at radius 1 is 1.10 bits per heavy atom. The molecule has 0 aliphatic rings. The van der Waals surface area contributed by atoms with Gasteiger partial charge in [0.05, 0.1) is 6.61 Å². The molecule has 1 aromatic carbocycles. The Morgan fingerprint density at radius 2 is 1.81 bits per heavy atom. The summed E-state index contributed by atoms with van der Waals surface area (Å²) in [5.74, 6) is 1.75. The van der Waals surface area contributed by atoms with Crippen molar-refractivity contribution in [3.8, 4) is 5.75 Å². The van der Waals surface area contributed by atoms with Crippen LogP contribution in [0, 0.1) is 5.41 Å². The number of rotatable bonds is 8. The number of para-hydroxylation sites is 1. The van der Waals surface area contributed by atoms with E-state index in [1.54, 1.807) is 0 Å². The molecule has 0 unspecified atom stereocenters. The third kappa shape index (κ3) is 3.91. The molecule has 0 saturated carbocycles. The molecule has 0 saturated heterocycles. The van der Waals surface area contributed by atoms with E-state index in [1.165, 1.54) is 0 Å². The van der Waals surface area contributed by atoms with Crippen molar-refractivity contribution < 1.29 is 4.74 Å². The highest BCUT2D eigenvalue weighted by molar-refractivity contribution is 7.80. The molecule has 2 aromatic rings. The van der Waals surface area contributed by atoms with Gasteiger partial charge in [-0.15, -0.1) is 0 Å². The number of nitrogens with zero attached hydrogens (tertiary/aromatic N) is 1. The molecular formula is C18H25NOS. The Morgan fingerprint density at radius 3 is 2.48 bits per heavy atom. The molecule has 3 heteroatoms. The third-order valence-corrected chi connectivity index (χ3v) is 4.70. The quantitative estimate of drug-likeness (QED) is 0.683. The Balaban J connectivity index is 2.19. The molecule has 0 radical (unpaired) electrons. The van der Waals surface area contributed by atoms with Crippen LogP contribution in [-0.2, 0) is 0 Å². The zero-order valence-electron chi connectivity index (χ0n) is 13.0. The topological polar surface area (TPSA) is 22.1 Å². The lowest BCUT2D eigenvalue weighted by Gasteiger charge is -2.31. The molecule has 114 valence electrons. The van der Waals surface area contributed by atoms with E-state index in [1.807, 2.05) is 24.4 Å². The molecular weight excluding hydrogens is 278 g/mol. The molecule has 1 heterocycles. The minimum absolute atomic E-state index is 0.170. The van der Waals surface area contributed by atoms with E-state index in [0.29, 0.717) is 6.61 Å². The molecule has 0 amide bonds. The van der Waals surface area contributed by atoms with Crippen molar-refractivity contribution in [1.82, 2.24) is 4.98 Å². The van der Waals surface area contributed by atoms with Crippen LogP contribution in [0.5, 0.6) is 5.75 Å². The van der Waals surface area contributed by atoms with Crippen molar-refractivity contribution in [1.29, 1.82) is 0 Å². The van der Waals surface area contributed by atoms with Crippen LogP contribution in [0.15, 0.2) is 36.5 Å². The Hall–Kier alpha value is -1.22. The molecule has 0 aliphatic carbocycles. The fraction of sp³-hybridized carbons (Fsp3) is 0.500. The van der Waals surface area contributed by atoms with Crippen LogP contribution in [0.2, 0.25) is 0 Å². The Kier molecular flexibility index (Phi) is 5.92. The summed E-state index contributed by atoms with van der Waals surface area (Å²) in [6.07, 6.45) is 6.46. The van der Waals surface area contributed by atoms with Gasteiger partial charge in [-0.2, -0.15) is 12.6 Å². The van der Waals surface area contributed by atoms with Gasteiger partial charge in [0.25, 0.3) is 0 Å². The smallest absolute Gasteiger partial charge is 0.145 e. The molecule has 0 spiro atoms. The number of aromatic nitrogens is 1. The minimum atomic E-state index is 0.170. The summed E-state index contributed by atoms with van der Waals surface area (Å²) in [5, 5.41) is 1.12. The van der Waals surface area contributed by atoms with Gasteiger partial charge >= 0.3 is 0 Å². The Labute approximate surface area is 133 Å². The number of hydrogen-bond donors (Lipinski definition) is 1. The zero-order chi connectivity index (χ0) is 15.1. The second kappa shape index (κ2) is 7.69. The van der Waals surface area contributed by atoms with Crippen LogP contribution >= 0.6 is 12.6 Å². The second-order valence-electron chi connectivity index (χ2n) is 5.78.